The number of carbonyl (C=O) groups excluding carboxylic acids is 1. The van der Waals surface area contributed by atoms with Crippen molar-refractivity contribution in [1.29, 1.82) is 0 Å². The summed E-state index contributed by atoms with van der Waals surface area (Å²) in [6.45, 7) is 4.82. The van der Waals surface area contributed by atoms with Gasteiger partial charge in [0.15, 0.2) is 0 Å². The van der Waals surface area contributed by atoms with Crippen molar-refractivity contribution >= 4 is 6.03 Å². The number of rotatable bonds is 2. The minimum Gasteiger partial charge on any atom is -0.334 e. The monoisotopic (exact) mass is 247 g/mol. The average molecular weight is 247 g/mol. The first kappa shape index (κ1) is 12.9. The fraction of sp³-hybridized carbons (Fsp3) is 0.571. The van der Waals surface area contributed by atoms with Crippen LogP contribution in [-0.2, 0) is 6.54 Å². The zero-order valence-electron chi connectivity index (χ0n) is 11.1. The molecule has 1 aliphatic rings. The van der Waals surface area contributed by atoms with E-state index in [2.05, 4.69) is 24.1 Å². The van der Waals surface area contributed by atoms with Gasteiger partial charge in [-0.1, -0.05) is 0 Å². The minimum absolute atomic E-state index is 0.0477. The van der Waals surface area contributed by atoms with Gasteiger partial charge in [-0.15, -0.1) is 0 Å². The van der Waals surface area contributed by atoms with Crippen molar-refractivity contribution in [3.63, 3.8) is 0 Å². The molecule has 0 aromatic carbocycles. The molecule has 1 aliphatic heterocycles. The van der Waals surface area contributed by atoms with E-state index in [9.17, 15) is 4.79 Å². The van der Waals surface area contributed by atoms with Crippen molar-refractivity contribution in [2.24, 2.45) is 0 Å². The number of hydrogen-bond acceptors (Lipinski definition) is 2. The van der Waals surface area contributed by atoms with Gasteiger partial charge in [-0.05, 0) is 50.8 Å². The highest BCUT2D eigenvalue weighted by molar-refractivity contribution is 5.75. The number of piperidine rings is 1. The highest BCUT2D eigenvalue weighted by Gasteiger charge is 2.28. The van der Waals surface area contributed by atoms with Crippen LogP contribution in [0.2, 0.25) is 0 Å². The summed E-state index contributed by atoms with van der Waals surface area (Å²) in [6, 6.07) is 4.57. The molecule has 1 fully saturated rings. The molecule has 0 spiro atoms. The van der Waals surface area contributed by atoms with E-state index < -0.39 is 0 Å². The number of nitrogens with zero attached hydrogens (tertiary/aromatic N) is 2. The molecular formula is C14H21N3O. The van der Waals surface area contributed by atoms with Crippen LogP contribution in [0.3, 0.4) is 0 Å². The molecule has 1 aromatic heterocycles. The Labute approximate surface area is 108 Å². The van der Waals surface area contributed by atoms with Crippen LogP contribution in [0.5, 0.6) is 0 Å². The third-order valence-corrected chi connectivity index (χ3v) is 3.62. The van der Waals surface area contributed by atoms with Gasteiger partial charge in [0.1, 0.15) is 0 Å². The zero-order chi connectivity index (χ0) is 13.0. The summed E-state index contributed by atoms with van der Waals surface area (Å²) in [4.78, 5) is 18.1. The van der Waals surface area contributed by atoms with Crippen molar-refractivity contribution in [2.75, 3.05) is 0 Å². The van der Waals surface area contributed by atoms with Crippen LogP contribution in [0.1, 0.15) is 38.7 Å². The summed E-state index contributed by atoms with van der Waals surface area (Å²) in [5, 5.41) is 2.99. The van der Waals surface area contributed by atoms with Crippen molar-refractivity contribution in [3.05, 3.63) is 30.1 Å². The molecule has 98 valence electrons. The van der Waals surface area contributed by atoms with Gasteiger partial charge in [-0.25, -0.2) is 4.79 Å². The van der Waals surface area contributed by atoms with E-state index in [1.165, 1.54) is 6.42 Å². The van der Waals surface area contributed by atoms with E-state index in [-0.39, 0.29) is 6.03 Å². The third kappa shape index (κ3) is 3.00. The lowest BCUT2D eigenvalue weighted by Gasteiger charge is -2.38. The second kappa shape index (κ2) is 5.85. The molecule has 4 heteroatoms. The molecular weight excluding hydrogens is 226 g/mol. The second-order valence-electron chi connectivity index (χ2n) is 5.05. The van der Waals surface area contributed by atoms with Crippen LogP contribution in [-0.4, -0.2) is 28.0 Å². The average Bonchev–Trinajstić information content (AvgIpc) is 2.37. The number of urea groups is 1. The lowest BCUT2D eigenvalue weighted by molar-refractivity contribution is 0.123. The van der Waals surface area contributed by atoms with E-state index in [4.69, 9.17) is 0 Å². The van der Waals surface area contributed by atoms with Gasteiger partial charge < -0.3 is 10.2 Å². The lowest BCUT2D eigenvalue weighted by Crippen LogP contribution is -2.51. The van der Waals surface area contributed by atoms with Crippen LogP contribution in [0.4, 0.5) is 4.79 Å². The highest BCUT2D eigenvalue weighted by atomic mass is 16.2. The lowest BCUT2D eigenvalue weighted by atomic mass is 9.98. The summed E-state index contributed by atoms with van der Waals surface area (Å²) in [5.74, 6) is 0. The Hall–Kier alpha value is -1.58. The predicted octanol–water partition coefficient (Wildman–Crippen LogP) is 2.55. The molecule has 0 radical (unpaired) electrons. The van der Waals surface area contributed by atoms with Crippen LogP contribution < -0.4 is 5.32 Å². The number of likely N-dealkylation sites (tertiary alicyclic amines) is 1. The normalized spacial score (nSPS) is 23.8. The second-order valence-corrected chi connectivity index (χ2v) is 5.05. The molecule has 2 amide bonds. The first-order valence-electron chi connectivity index (χ1n) is 6.63. The van der Waals surface area contributed by atoms with Gasteiger partial charge in [0.05, 0.1) is 0 Å². The molecule has 0 aliphatic carbocycles. The summed E-state index contributed by atoms with van der Waals surface area (Å²) in [5.41, 5.74) is 1.08. The van der Waals surface area contributed by atoms with Crippen molar-refractivity contribution in [3.8, 4) is 0 Å². The number of nitrogens with one attached hydrogen (secondary N) is 1. The fourth-order valence-electron chi connectivity index (χ4n) is 2.59. The molecule has 0 bridgehead atoms. The Morgan fingerprint density at radius 1 is 1.33 bits per heavy atom. The Morgan fingerprint density at radius 2 is 1.94 bits per heavy atom. The summed E-state index contributed by atoms with van der Waals surface area (Å²) < 4.78 is 0. The van der Waals surface area contributed by atoms with E-state index in [1.807, 2.05) is 17.0 Å². The maximum Gasteiger partial charge on any atom is 0.318 e. The van der Waals surface area contributed by atoms with Crippen molar-refractivity contribution < 1.29 is 4.79 Å². The number of hydrogen-bond donors (Lipinski definition) is 1. The number of aromatic nitrogens is 1. The van der Waals surface area contributed by atoms with Crippen molar-refractivity contribution in [2.45, 2.75) is 51.7 Å². The van der Waals surface area contributed by atoms with E-state index >= 15 is 0 Å². The predicted molar refractivity (Wildman–Crippen MR) is 71.1 cm³/mol. The first-order valence-corrected chi connectivity index (χ1v) is 6.63. The Morgan fingerprint density at radius 3 is 2.56 bits per heavy atom. The summed E-state index contributed by atoms with van der Waals surface area (Å²) >= 11 is 0. The summed E-state index contributed by atoms with van der Waals surface area (Å²) in [7, 11) is 0. The molecule has 1 aromatic rings. The molecule has 0 saturated carbocycles. The van der Waals surface area contributed by atoms with Crippen molar-refractivity contribution in [1.82, 2.24) is 15.2 Å². The third-order valence-electron chi connectivity index (χ3n) is 3.62. The SMILES string of the molecule is CC1CCCC(C)N1C(=O)NCc1ccncc1. The molecule has 2 unspecified atom stereocenters. The maximum atomic E-state index is 12.2. The van der Waals surface area contributed by atoms with Crippen LogP contribution >= 0.6 is 0 Å². The summed E-state index contributed by atoms with van der Waals surface area (Å²) in [6.07, 6.45) is 6.91. The van der Waals surface area contributed by atoms with Crippen LogP contribution in [0.15, 0.2) is 24.5 Å². The Bertz CT molecular complexity index is 383. The van der Waals surface area contributed by atoms with E-state index in [0.29, 0.717) is 18.6 Å². The number of carbonyl (C=O) groups is 1. The number of amides is 2. The van der Waals surface area contributed by atoms with Gasteiger partial charge in [0.25, 0.3) is 0 Å². The van der Waals surface area contributed by atoms with Gasteiger partial charge in [0.2, 0.25) is 0 Å². The topological polar surface area (TPSA) is 45.2 Å². The standard InChI is InChI=1S/C14H21N3O/c1-11-4-3-5-12(2)17(11)14(18)16-10-13-6-8-15-9-7-13/h6-9,11-12H,3-5,10H2,1-2H3,(H,16,18). The van der Waals surface area contributed by atoms with E-state index in [0.717, 1.165) is 18.4 Å². The van der Waals surface area contributed by atoms with Crippen LogP contribution in [0.25, 0.3) is 0 Å². The molecule has 1 saturated heterocycles. The van der Waals surface area contributed by atoms with Gasteiger partial charge in [-0.3, -0.25) is 4.98 Å². The molecule has 1 N–H and O–H groups in total. The fourth-order valence-corrected chi connectivity index (χ4v) is 2.59. The van der Waals surface area contributed by atoms with Gasteiger partial charge in [0, 0.05) is 31.0 Å². The first-order chi connectivity index (χ1) is 8.68. The quantitative estimate of drug-likeness (QED) is 0.873. The Balaban J connectivity index is 1.91. The minimum atomic E-state index is 0.0477. The largest absolute Gasteiger partial charge is 0.334 e. The van der Waals surface area contributed by atoms with E-state index in [1.54, 1.807) is 12.4 Å². The molecule has 4 nitrogen and oxygen atoms in total. The highest BCUT2D eigenvalue weighted by Crippen LogP contribution is 2.22. The maximum absolute atomic E-state index is 12.2. The van der Waals surface area contributed by atoms with Gasteiger partial charge in [-0.2, -0.15) is 0 Å². The zero-order valence-corrected chi connectivity index (χ0v) is 11.1. The molecule has 2 atom stereocenters. The smallest absolute Gasteiger partial charge is 0.318 e. The Kier molecular flexibility index (Phi) is 4.18. The van der Waals surface area contributed by atoms with Crippen LogP contribution in [0, 0.1) is 0 Å². The molecule has 18 heavy (non-hydrogen) atoms. The number of pyridine rings is 1. The molecule has 2 rings (SSSR count). The van der Waals surface area contributed by atoms with Gasteiger partial charge >= 0.3 is 6.03 Å². The molecule has 2 heterocycles.